The van der Waals surface area contributed by atoms with Crippen molar-refractivity contribution in [2.75, 3.05) is 13.1 Å². The number of fused-ring (bicyclic) bond motifs is 1. The quantitative estimate of drug-likeness (QED) is 0.733. The molecule has 0 aromatic rings. The summed E-state index contributed by atoms with van der Waals surface area (Å²) in [6.07, 6.45) is 5.33. The van der Waals surface area contributed by atoms with Gasteiger partial charge in [-0.15, -0.1) is 0 Å². The van der Waals surface area contributed by atoms with Crippen molar-refractivity contribution in [3.63, 3.8) is 0 Å². The molecular formula is C13H20N2O2. The Kier molecular flexibility index (Phi) is 2.60. The van der Waals surface area contributed by atoms with E-state index in [0.717, 1.165) is 25.8 Å². The number of hydrogen-bond acceptors (Lipinski definition) is 2. The van der Waals surface area contributed by atoms with Crippen molar-refractivity contribution in [2.45, 2.75) is 51.1 Å². The summed E-state index contributed by atoms with van der Waals surface area (Å²) in [5.41, 5.74) is 0. The SMILES string of the molecule is CCCC1CC1N1CC(=O)N2CCCC2C1=O. The highest BCUT2D eigenvalue weighted by molar-refractivity contribution is 5.95. The number of nitrogens with zero attached hydrogens (tertiary/aromatic N) is 2. The van der Waals surface area contributed by atoms with Gasteiger partial charge in [-0.25, -0.2) is 0 Å². The highest BCUT2D eigenvalue weighted by Gasteiger charge is 2.50. The third-order valence-electron chi connectivity index (χ3n) is 4.39. The first kappa shape index (κ1) is 11.1. The number of piperazine rings is 1. The monoisotopic (exact) mass is 236 g/mol. The molecular weight excluding hydrogens is 216 g/mol. The zero-order chi connectivity index (χ0) is 12.0. The molecule has 3 fully saturated rings. The Morgan fingerprint density at radius 2 is 2.12 bits per heavy atom. The van der Waals surface area contributed by atoms with Gasteiger partial charge in [0.05, 0.1) is 0 Å². The third-order valence-corrected chi connectivity index (χ3v) is 4.39. The molecule has 1 aliphatic carbocycles. The van der Waals surface area contributed by atoms with Crippen molar-refractivity contribution in [3.8, 4) is 0 Å². The summed E-state index contributed by atoms with van der Waals surface area (Å²) in [5, 5.41) is 0. The van der Waals surface area contributed by atoms with Gasteiger partial charge in [-0.1, -0.05) is 13.3 Å². The molecule has 94 valence electrons. The van der Waals surface area contributed by atoms with Crippen LogP contribution in [0.2, 0.25) is 0 Å². The van der Waals surface area contributed by atoms with Crippen LogP contribution in [0, 0.1) is 5.92 Å². The molecule has 0 aromatic heterocycles. The van der Waals surface area contributed by atoms with Crippen molar-refractivity contribution in [1.82, 2.24) is 9.80 Å². The lowest BCUT2D eigenvalue weighted by molar-refractivity contribution is -0.154. The highest BCUT2D eigenvalue weighted by atomic mass is 16.2. The first-order valence-electron chi connectivity index (χ1n) is 6.82. The maximum Gasteiger partial charge on any atom is 0.246 e. The number of amides is 2. The van der Waals surface area contributed by atoms with Crippen LogP contribution < -0.4 is 0 Å². The third kappa shape index (κ3) is 1.74. The van der Waals surface area contributed by atoms with E-state index in [4.69, 9.17) is 0 Å². The Morgan fingerprint density at radius 1 is 1.29 bits per heavy atom. The molecule has 4 heteroatoms. The van der Waals surface area contributed by atoms with Crippen LogP contribution in [-0.4, -0.2) is 46.8 Å². The van der Waals surface area contributed by atoms with Gasteiger partial charge < -0.3 is 9.80 Å². The summed E-state index contributed by atoms with van der Waals surface area (Å²) in [6.45, 7) is 3.30. The number of rotatable bonds is 3. The molecule has 0 spiro atoms. The molecule has 3 rings (SSSR count). The maximum absolute atomic E-state index is 12.3. The topological polar surface area (TPSA) is 40.6 Å². The molecule has 0 bridgehead atoms. The lowest BCUT2D eigenvalue weighted by Gasteiger charge is -2.36. The molecule has 0 aromatic carbocycles. The molecule has 1 saturated carbocycles. The second kappa shape index (κ2) is 4.00. The summed E-state index contributed by atoms with van der Waals surface area (Å²) >= 11 is 0. The van der Waals surface area contributed by atoms with E-state index in [0.29, 0.717) is 18.5 Å². The van der Waals surface area contributed by atoms with E-state index in [9.17, 15) is 9.59 Å². The molecule has 2 saturated heterocycles. The zero-order valence-electron chi connectivity index (χ0n) is 10.4. The summed E-state index contributed by atoms with van der Waals surface area (Å²) in [7, 11) is 0. The molecule has 2 aliphatic heterocycles. The number of carbonyl (C=O) groups is 2. The van der Waals surface area contributed by atoms with Crippen LogP contribution in [0.3, 0.4) is 0 Å². The summed E-state index contributed by atoms with van der Waals surface area (Å²) in [6, 6.07) is 0.244. The Bertz CT molecular complexity index is 355. The fourth-order valence-corrected chi connectivity index (χ4v) is 3.40. The Balaban J connectivity index is 1.70. The van der Waals surface area contributed by atoms with Gasteiger partial charge in [0.15, 0.2) is 0 Å². The zero-order valence-corrected chi connectivity index (χ0v) is 10.4. The van der Waals surface area contributed by atoms with Crippen LogP contribution in [-0.2, 0) is 9.59 Å². The molecule has 3 aliphatic rings. The predicted octanol–water partition coefficient (Wildman–Crippen LogP) is 1.01. The van der Waals surface area contributed by atoms with Gasteiger partial charge in [0.25, 0.3) is 0 Å². The van der Waals surface area contributed by atoms with Crippen LogP contribution in [0.4, 0.5) is 0 Å². The second-order valence-electron chi connectivity index (χ2n) is 5.56. The van der Waals surface area contributed by atoms with Crippen molar-refractivity contribution >= 4 is 11.8 Å². The summed E-state index contributed by atoms with van der Waals surface area (Å²) in [5.74, 6) is 1.03. The lowest BCUT2D eigenvalue weighted by Crippen LogP contribution is -2.58. The smallest absolute Gasteiger partial charge is 0.246 e. The highest BCUT2D eigenvalue weighted by Crippen LogP contribution is 2.41. The number of hydrogen-bond donors (Lipinski definition) is 0. The second-order valence-corrected chi connectivity index (χ2v) is 5.56. The van der Waals surface area contributed by atoms with Crippen LogP contribution in [0.5, 0.6) is 0 Å². The van der Waals surface area contributed by atoms with Crippen LogP contribution in [0.15, 0.2) is 0 Å². The minimum Gasteiger partial charge on any atom is -0.329 e. The van der Waals surface area contributed by atoms with Crippen LogP contribution >= 0.6 is 0 Å². The summed E-state index contributed by atoms with van der Waals surface area (Å²) < 4.78 is 0. The standard InChI is InChI=1S/C13H20N2O2/c1-2-4-9-7-11(9)15-8-12(16)14-6-3-5-10(14)13(15)17/h9-11H,2-8H2,1H3. The average Bonchev–Trinajstić information content (AvgIpc) is 2.89. The van der Waals surface area contributed by atoms with Gasteiger partial charge in [0, 0.05) is 12.6 Å². The van der Waals surface area contributed by atoms with Gasteiger partial charge in [0.2, 0.25) is 11.8 Å². The van der Waals surface area contributed by atoms with E-state index in [1.807, 2.05) is 4.90 Å². The molecule has 2 heterocycles. The van der Waals surface area contributed by atoms with Crippen LogP contribution in [0.1, 0.15) is 39.0 Å². The molecule has 4 nitrogen and oxygen atoms in total. The molecule has 0 N–H and O–H groups in total. The largest absolute Gasteiger partial charge is 0.329 e. The Hall–Kier alpha value is -1.06. The van der Waals surface area contributed by atoms with E-state index in [1.54, 1.807) is 4.90 Å². The van der Waals surface area contributed by atoms with Gasteiger partial charge in [0.1, 0.15) is 12.6 Å². The van der Waals surface area contributed by atoms with Gasteiger partial charge in [-0.05, 0) is 31.6 Å². The van der Waals surface area contributed by atoms with Gasteiger partial charge in [-0.3, -0.25) is 9.59 Å². The van der Waals surface area contributed by atoms with E-state index in [-0.39, 0.29) is 17.9 Å². The minimum absolute atomic E-state index is 0.126. The van der Waals surface area contributed by atoms with E-state index >= 15 is 0 Å². The molecule has 3 atom stereocenters. The number of carbonyl (C=O) groups excluding carboxylic acids is 2. The Morgan fingerprint density at radius 3 is 2.88 bits per heavy atom. The molecule has 3 unspecified atom stereocenters. The maximum atomic E-state index is 12.3. The predicted molar refractivity (Wildman–Crippen MR) is 63.3 cm³/mol. The van der Waals surface area contributed by atoms with E-state index in [1.165, 1.54) is 12.8 Å². The first-order chi connectivity index (χ1) is 8.22. The summed E-state index contributed by atoms with van der Waals surface area (Å²) in [4.78, 5) is 27.9. The fraction of sp³-hybridized carbons (Fsp3) is 0.846. The van der Waals surface area contributed by atoms with Gasteiger partial charge in [-0.2, -0.15) is 0 Å². The minimum atomic E-state index is -0.126. The first-order valence-corrected chi connectivity index (χ1v) is 6.82. The van der Waals surface area contributed by atoms with Crippen molar-refractivity contribution in [3.05, 3.63) is 0 Å². The van der Waals surface area contributed by atoms with E-state index < -0.39 is 0 Å². The molecule has 17 heavy (non-hydrogen) atoms. The molecule has 2 amide bonds. The van der Waals surface area contributed by atoms with Crippen LogP contribution in [0.25, 0.3) is 0 Å². The lowest BCUT2D eigenvalue weighted by atomic mass is 10.1. The average molecular weight is 236 g/mol. The normalized spacial score (nSPS) is 36.4. The van der Waals surface area contributed by atoms with Crippen molar-refractivity contribution < 1.29 is 9.59 Å². The molecule has 0 radical (unpaired) electrons. The van der Waals surface area contributed by atoms with Gasteiger partial charge >= 0.3 is 0 Å². The Labute approximate surface area is 102 Å². The van der Waals surface area contributed by atoms with E-state index in [2.05, 4.69) is 6.92 Å². The van der Waals surface area contributed by atoms with Crippen molar-refractivity contribution in [2.24, 2.45) is 5.92 Å². The fourth-order valence-electron chi connectivity index (χ4n) is 3.40. The van der Waals surface area contributed by atoms with Crippen molar-refractivity contribution in [1.29, 1.82) is 0 Å².